The summed E-state index contributed by atoms with van der Waals surface area (Å²) in [5.74, 6) is 0.202. The number of rotatable bonds is 3. The van der Waals surface area contributed by atoms with Crippen LogP contribution in [0, 0.1) is 0 Å². The van der Waals surface area contributed by atoms with Crippen molar-refractivity contribution in [2.45, 2.75) is 31.8 Å². The van der Waals surface area contributed by atoms with Gasteiger partial charge >= 0.3 is 0 Å². The molecule has 1 saturated carbocycles. The van der Waals surface area contributed by atoms with Gasteiger partial charge in [-0.05, 0) is 25.8 Å². The molecule has 0 spiro atoms. The Hall–Kier alpha value is -1.82. The van der Waals surface area contributed by atoms with Crippen LogP contribution in [0.4, 0.5) is 5.95 Å². The molecule has 0 saturated heterocycles. The van der Waals surface area contributed by atoms with E-state index in [0.29, 0.717) is 22.2 Å². The highest BCUT2D eigenvalue weighted by Crippen LogP contribution is 2.25. The molecule has 2 aromatic rings. The van der Waals surface area contributed by atoms with Crippen LogP contribution in [0.5, 0.6) is 0 Å². The Morgan fingerprint density at radius 1 is 1.63 bits per heavy atom. The molecule has 3 N–H and O–H groups in total. The van der Waals surface area contributed by atoms with Crippen molar-refractivity contribution < 1.29 is 4.79 Å². The number of pyridine rings is 1. The quantitative estimate of drug-likeness (QED) is 0.892. The van der Waals surface area contributed by atoms with Crippen molar-refractivity contribution in [3.8, 4) is 0 Å². The Morgan fingerprint density at radius 2 is 2.37 bits per heavy atom. The van der Waals surface area contributed by atoms with Crippen LogP contribution in [0.15, 0.2) is 12.3 Å². The van der Waals surface area contributed by atoms with Gasteiger partial charge in [-0.25, -0.2) is 9.97 Å². The summed E-state index contributed by atoms with van der Waals surface area (Å²) in [5.41, 5.74) is 7.04. The highest BCUT2D eigenvalue weighted by Gasteiger charge is 2.28. The van der Waals surface area contributed by atoms with E-state index in [9.17, 15) is 4.79 Å². The number of anilines is 1. The minimum absolute atomic E-state index is 0.0646. The number of nitrogen functional groups attached to an aromatic ring is 1. The molecule has 1 aliphatic carbocycles. The normalized spacial score (nSPS) is 16.5. The SMILES string of the molecule is CC(C(=O)NC1CC1)n1c(N)nc2cc(Cl)cnc21. The minimum atomic E-state index is -0.445. The number of hydrogen-bond acceptors (Lipinski definition) is 4. The molecule has 2 aromatic heterocycles. The van der Waals surface area contributed by atoms with Crippen molar-refractivity contribution >= 4 is 34.6 Å². The number of aromatic nitrogens is 3. The fraction of sp³-hybridized carbons (Fsp3) is 0.417. The van der Waals surface area contributed by atoms with E-state index in [-0.39, 0.29) is 11.9 Å². The zero-order chi connectivity index (χ0) is 13.6. The van der Waals surface area contributed by atoms with E-state index in [4.69, 9.17) is 17.3 Å². The molecule has 7 heteroatoms. The average Bonchev–Trinajstić information content (AvgIpc) is 3.10. The third kappa shape index (κ3) is 2.23. The first-order chi connectivity index (χ1) is 9.06. The Morgan fingerprint density at radius 3 is 3.05 bits per heavy atom. The second-order valence-corrected chi connectivity index (χ2v) is 5.23. The summed E-state index contributed by atoms with van der Waals surface area (Å²) in [4.78, 5) is 20.5. The standard InChI is InChI=1S/C12H14ClN5O/c1-6(11(19)16-8-2-3-8)18-10-9(17-12(18)14)4-7(13)5-15-10/h4-6,8H,2-3H2,1H3,(H2,14,17)(H,16,19). The number of amides is 1. The molecular weight excluding hydrogens is 266 g/mol. The summed E-state index contributed by atoms with van der Waals surface area (Å²) in [7, 11) is 0. The molecule has 0 bridgehead atoms. The van der Waals surface area contributed by atoms with E-state index >= 15 is 0 Å². The van der Waals surface area contributed by atoms with E-state index in [1.807, 2.05) is 0 Å². The van der Waals surface area contributed by atoms with Crippen LogP contribution < -0.4 is 11.1 Å². The number of nitrogens with two attached hydrogens (primary N) is 1. The van der Waals surface area contributed by atoms with Gasteiger partial charge in [0.2, 0.25) is 11.9 Å². The first kappa shape index (κ1) is 12.2. The Kier molecular flexibility index (Phi) is 2.82. The van der Waals surface area contributed by atoms with Gasteiger partial charge in [0.25, 0.3) is 0 Å². The Balaban J connectivity index is 1.98. The third-order valence-corrected chi connectivity index (χ3v) is 3.42. The maximum Gasteiger partial charge on any atom is 0.243 e. The summed E-state index contributed by atoms with van der Waals surface area (Å²) in [5, 5.41) is 3.44. The van der Waals surface area contributed by atoms with Crippen LogP contribution in [-0.4, -0.2) is 26.5 Å². The molecule has 3 rings (SSSR count). The maximum atomic E-state index is 12.1. The van der Waals surface area contributed by atoms with Gasteiger partial charge in [-0.3, -0.25) is 9.36 Å². The largest absolute Gasteiger partial charge is 0.369 e. The van der Waals surface area contributed by atoms with Crippen LogP contribution in [0.25, 0.3) is 11.2 Å². The summed E-state index contributed by atoms with van der Waals surface area (Å²) in [6.45, 7) is 1.78. The summed E-state index contributed by atoms with van der Waals surface area (Å²) >= 11 is 5.87. The summed E-state index contributed by atoms with van der Waals surface area (Å²) in [6, 6.07) is 1.55. The van der Waals surface area contributed by atoms with Crippen LogP contribution >= 0.6 is 11.6 Å². The zero-order valence-electron chi connectivity index (χ0n) is 10.4. The smallest absolute Gasteiger partial charge is 0.243 e. The molecular formula is C12H14ClN5O. The van der Waals surface area contributed by atoms with E-state index < -0.39 is 6.04 Å². The molecule has 0 aliphatic heterocycles. The number of nitrogens with zero attached hydrogens (tertiary/aromatic N) is 3. The van der Waals surface area contributed by atoms with Crippen LogP contribution in [0.2, 0.25) is 5.02 Å². The van der Waals surface area contributed by atoms with Gasteiger partial charge in [-0.15, -0.1) is 0 Å². The first-order valence-electron chi connectivity index (χ1n) is 6.15. The Bertz CT molecular complexity index is 649. The van der Waals surface area contributed by atoms with Gasteiger partial charge < -0.3 is 11.1 Å². The molecule has 1 fully saturated rings. The number of imidazole rings is 1. The minimum Gasteiger partial charge on any atom is -0.369 e. The monoisotopic (exact) mass is 279 g/mol. The van der Waals surface area contributed by atoms with E-state index in [0.717, 1.165) is 12.8 Å². The predicted molar refractivity (Wildman–Crippen MR) is 72.8 cm³/mol. The molecule has 1 unspecified atom stereocenters. The predicted octanol–water partition coefficient (Wildman–Crippen LogP) is 1.51. The Labute approximate surface area is 115 Å². The van der Waals surface area contributed by atoms with Crippen LogP contribution in [0.3, 0.4) is 0 Å². The number of halogens is 1. The lowest BCUT2D eigenvalue weighted by molar-refractivity contribution is -0.123. The van der Waals surface area contributed by atoms with Gasteiger partial charge in [0.05, 0.1) is 5.02 Å². The van der Waals surface area contributed by atoms with Gasteiger partial charge in [0.1, 0.15) is 11.6 Å². The topological polar surface area (TPSA) is 85.8 Å². The van der Waals surface area contributed by atoms with Crippen molar-refractivity contribution in [1.29, 1.82) is 0 Å². The summed E-state index contributed by atoms with van der Waals surface area (Å²) in [6.07, 6.45) is 3.62. The second-order valence-electron chi connectivity index (χ2n) is 4.80. The average molecular weight is 280 g/mol. The molecule has 1 amide bonds. The number of fused-ring (bicyclic) bond motifs is 1. The number of carbonyl (C=O) groups is 1. The first-order valence-corrected chi connectivity index (χ1v) is 6.53. The van der Waals surface area contributed by atoms with Gasteiger partial charge in [0.15, 0.2) is 5.65 Å². The van der Waals surface area contributed by atoms with Crippen molar-refractivity contribution in [2.75, 3.05) is 5.73 Å². The van der Waals surface area contributed by atoms with E-state index in [2.05, 4.69) is 15.3 Å². The third-order valence-electron chi connectivity index (χ3n) is 3.21. The number of hydrogen-bond donors (Lipinski definition) is 2. The lowest BCUT2D eigenvalue weighted by Gasteiger charge is -2.15. The molecule has 2 heterocycles. The second kappa shape index (κ2) is 4.38. The van der Waals surface area contributed by atoms with Crippen molar-refractivity contribution in [2.24, 2.45) is 0 Å². The van der Waals surface area contributed by atoms with Gasteiger partial charge in [-0.2, -0.15) is 0 Å². The lowest BCUT2D eigenvalue weighted by Crippen LogP contribution is -2.33. The van der Waals surface area contributed by atoms with Crippen molar-refractivity contribution in [3.05, 3.63) is 17.3 Å². The number of nitrogens with one attached hydrogen (secondary N) is 1. The molecule has 100 valence electrons. The van der Waals surface area contributed by atoms with Crippen LogP contribution in [0.1, 0.15) is 25.8 Å². The molecule has 19 heavy (non-hydrogen) atoms. The molecule has 1 aliphatic rings. The van der Waals surface area contributed by atoms with Crippen LogP contribution in [-0.2, 0) is 4.79 Å². The lowest BCUT2D eigenvalue weighted by atomic mass is 10.3. The van der Waals surface area contributed by atoms with Gasteiger partial charge in [0, 0.05) is 12.2 Å². The number of carbonyl (C=O) groups excluding carboxylic acids is 1. The summed E-state index contributed by atoms with van der Waals surface area (Å²) < 4.78 is 1.63. The highest BCUT2D eigenvalue weighted by atomic mass is 35.5. The van der Waals surface area contributed by atoms with E-state index in [1.165, 1.54) is 6.20 Å². The maximum absolute atomic E-state index is 12.1. The fourth-order valence-corrected chi connectivity index (χ4v) is 2.18. The molecule has 6 nitrogen and oxygen atoms in total. The van der Waals surface area contributed by atoms with Crippen molar-refractivity contribution in [3.63, 3.8) is 0 Å². The molecule has 0 radical (unpaired) electrons. The fourth-order valence-electron chi connectivity index (χ4n) is 2.02. The zero-order valence-corrected chi connectivity index (χ0v) is 11.2. The highest BCUT2D eigenvalue weighted by molar-refractivity contribution is 6.31. The van der Waals surface area contributed by atoms with Gasteiger partial charge in [-0.1, -0.05) is 11.6 Å². The molecule has 0 aromatic carbocycles. The van der Waals surface area contributed by atoms with E-state index in [1.54, 1.807) is 17.6 Å². The molecule has 1 atom stereocenters. The van der Waals surface area contributed by atoms with Crippen molar-refractivity contribution in [1.82, 2.24) is 19.9 Å².